The molecule has 0 saturated carbocycles. The first kappa shape index (κ1) is 31.8. The molecule has 0 aliphatic carbocycles. The van der Waals surface area contributed by atoms with Gasteiger partial charge in [0.05, 0.1) is 12.5 Å². The number of nitrogens with one attached hydrogen (secondary N) is 3. The summed E-state index contributed by atoms with van der Waals surface area (Å²) in [6, 6.07) is 0.0719. The predicted octanol–water partition coefficient (Wildman–Crippen LogP) is -0.813. The highest BCUT2D eigenvalue weighted by Crippen LogP contribution is 2.12. The van der Waals surface area contributed by atoms with Crippen LogP contribution in [0.1, 0.15) is 45.1 Å². The summed E-state index contributed by atoms with van der Waals surface area (Å²) in [5.74, 6) is -6.84. The number of carbonyl (C=O) groups excluding carboxylic acids is 3. The number of rotatable bonds is 16. The Morgan fingerprint density at radius 3 is 1.82 bits per heavy atom. The molecule has 0 fully saturated rings. The monoisotopic (exact) mass is 538 g/mol. The van der Waals surface area contributed by atoms with Crippen LogP contribution in [0.15, 0.2) is 24.3 Å². The van der Waals surface area contributed by atoms with Gasteiger partial charge in [-0.25, -0.2) is 4.79 Å². The molecule has 0 bridgehead atoms. The van der Waals surface area contributed by atoms with Crippen molar-refractivity contribution in [3.05, 3.63) is 29.8 Å². The van der Waals surface area contributed by atoms with Gasteiger partial charge in [-0.3, -0.25) is 24.0 Å². The van der Waals surface area contributed by atoms with Crippen molar-refractivity contribution in [2.24, 2.45) is 11.7 Å². The molecule has 14 nitrogen and oxygen atoms in total. The number of nitrogens with two attached hydrogens (primary N) is 1. The van der Waals surface area contributed by atoms with Crippen LogP contribution in [0.25, 0.3) is 0 Å². The molecule has 1 rings (SSSR count). The number of phenols is 1. The summed E-state index contributed by atoms with van der Waals surface area (Å²) in [5, 5.41) is 43.9. The van der Waals surface area contributed by atoms with E-state index in [4.69, 9.17) is 15.9 Å². The number of benzene rings is 1. The Kier molecular flexibility index (Phi) is 12.7. The molecule has 0 aliphatic heterocycles. The molecule has 4 unspecified atom stereocenters. The van der Waals surface area contributed by atoms with Crippen molar-refractivity contribution in [1.29, 1.82) is 0 Å². The average Bonchev–Trinajstić information content (AvgIpc) is 2.80. The van der Waals surface area contributed by atoms with Crippen molar-refractivity contribution >= 4 is 35.6 Å². The summed E-state index contributed by atoms with van der Waals surface area (Å²) in [7, 11) is 0. The van der Waals surface area contributed by atoms with Crippen LogP contribution in [0.3, 0.4) is 0 Å². The maximum Gasteiger partial charge on any atom is 0.326 e. The minimum Gasteiger partial charge on any atom is -0.508 e. The highest BCUT2D eigenvalue weighted by atomic mass is 16.4. The zero-order chi connectivity index (χ0) is 29.0. The summed E-state index contributed by atoms with van der Waals surface area (Å²) < 4.78 is 0. The molecule has 0 radical (unpaired) electrons. The number of carbonyl (C=O) groups is 6. The largest absolute Gasteiger partial charge is 0.508 e. The highest BCUT2D eigenvalue weighted by Gasteiger charge is 2.31. The summed E-state index contributed by atoms with van der Waals surface area (Å²) in [6.45, 7) is 3.50. The van der Waals surface area contributed by atoms with Gasteiger partial charge in [-0.2, -0.15) is 0 Å². The molecule has 0 aromatic heterocycles. The standard InChI is InChI=1S/C24H34N4O10/c1-12(2)9-17(27-21(34)15(25)11-20(32)33)23(36)26-16(7-8-19(30)31)22(35)28-18(24(37)38)10-13-3-5-14(29)6-4-13/h3-6,12,15-18,29H,7-11,25H2,1-2H3,(H,26,36)(H,27,34)(H,28,35)(H,30,31)(H,32,33)(H,37,38). The summed E-state index contributed by atoms with van der Waals surface area (Å²) in [6.07, 6.45) is -1.65. The number of hydrogen-bond acceptors (Lipinski definition) is 8. The van der Waals surface area contributed by atoms with Crippen LogP contribution in [-0.2, 0) is 35.2 Å². The van der Waals surface area contributed by atoms with Crippen molar-refractivity contribution in [3.8, 4) is 5.75 Å². The summed E-state index contributed by atoms with van der Waals surface area (Å²) in [4.78, 5) is 72.0. The van der Waals surface area contributed by atoms with E-state index in [0.29, 0.717) is 5.56 Å². The van der Waals surface area contributed by atoms with E-state index < -0.39 is 72.6 Å². The number of hydrogen-bond donors (Lipinski definition) is 8. The van der Waals surface area contributed by atoms with E-state index in [9.17, 15) is 39.0 Å². The van der Waals surface area contributed by atoms with Gasteiger partial charge < -0.3 is 42.1 Å². The van der Waals surface area contributed by atoms with Gasteiger partial charge in [-0.15, -0.1) is 0 Å². The second kappa shape index (κ2) is 15.1. The van der Waals surface area contributed by atoms with E-state index in [-0.39, 0.29) is 30.9 Å². The van der Waals surface area contributed by atoms with Crippen LogP contribution in [0.4, 0.5) is 0 Å². The Hall–Kier alpha value is -4.20. The van der Waals surface area contributed by atoms with E-state index in [2.05, 4.69) is 16.0 Å². The molecule has 14 heteroatoms. The number of carboxylic acid groups (broad SMARTS) is 3. The van der Waals surface area contributed by atoms with Gasteiger partial charge in [-0.05, 0) is 36.5 Å². The maximum absolute atomic E-state index is 13.0. The molecule has 9 N–H and O–H groups in total. The van der Waals surface area contributed by atoms with Crippen LogP contribution >= 0.6 is 0 Å². The second-order valence-corrected chi connectivity index (χ2v) is 9.16. The van der Waals surface area contributed by atoms with E-state index in [1.807, 2.05) is 0 Å². The number of aliphatic carboxylic acids is 3. The summed E-state index contributed by atoms with van der Waals surface area (Å²) in [5.41, 5.74) is 6.04. The Morgan fingerprint density at radius 1 is 0.789 bits per heavy atom. The van der Waals surface area contributed by atoms with Crippen molar-refractivity contribution < 1.29 is 49.2 Å². The fraction of sp³-hybridized carbons (Fsp3) is 0.500. The first-order valence-corrected chi connectivity index (χ1v) is 11.8. The number of phenolic OH excluding ortho intramolecular Hbond substituents is 1. The SMILES string of the molecule is CC(C)CC(NC(=O)C(N)CC(=O)O)C(=O)NC(CCC(=O)O)C(=O)NC(Cc1ccc(O)cc1)C(=O)O. The van der Waals surface area contributed by atoms with E-state index in [1.54, 1.807) is 13.8 Å². The second-order valence-electron chi connectivity index (χ2n) is 9.16. The average molecular weight is 539 g/mol. The van der Waals surface area contributed by atoms with Crippen LogP contribution in [-0.4, -0.2) is 80.2 Å². The molecule has 1 aromatic rings. The minimum absolute atomic E-state index is 0.0342. The highest BCUT2D eigenvalue weighted by molar-refractivity contribution is 5.95. The molecule has 210 valence electrons. The maximum atomic E-state index is 13.0. The van der Waals surface area contributed by atoms with Gasteiger partial charge >= 0.3 is 17.9 Å². The summed E-state index contributed by atoms with van der Waals surface area (Å²) >= 11 is 0. The topological polar surface area (TPSA) is 245 Å². The van der Waals surface area contributed by atoms with E-state index >= 15 is 0 Å². The van der Waals surface area contributed by atoms with Crippen molar-refractivity contribution in [2.45, 2.75) is 70.1 Å². The third-order valence-corrected chi connectivity index (χ3v) is 5.34. The molecule has 3 amide bonds. The molecule has 0 heterocycles. The zero-order valence-electron chi connectivity index (χ0n) is 21.0. The van der Waals surface area contributed by atoms with Crippen LogP contribution < -0.4 is 21.7 Å². The van der Waals surface area contributed by atoms with Crippen LogP contribution in [0, 0.1) is 5.92 Å². The zero-order valence-corrected chi connectivity index (χ0v) is 21.0. The molecule has 4 atom stereocenters. The number of amides is 3. The fourth-order valence-electron chi connectivity index (χ4n) is 3.41. The first-order chi connectivity index (χ1) is 17.7. The first-order valence-electron chi connectivity index (χ1n) is 11.8. The quantitative estimate of drug-likeness (QED) is 0.129. The van der Waals surface area contributed by atoms with E-state index in [0.717, 1.165) is 0 Å². The third-order valence-electron chi connectivity index (χ3n) is 5.34. The van der Waals surface area contributed by atoms with Gasteiger partial charge in [0.2, 0.25) is 17.7 Å². The normalized spacial score (nSPS) is 14.0. The Morgan fingerprint density at radius 2 is 1.32 bits per heavy atom. The van der Waals surface area contributed by atoms with Gasteiger partial charge in [0.15, 0.2) is 0 Å². The van der Waals surface area contributed by atoms with Crippen LogP contribution in [0.2, 0.25) is 0 Å². The van der Waals surface area contributed by atoms with Gasteiger partial charge in [0.25, 0.3) is 0 Å². The van der Waals surface area contributed by atoms with Crippen LogP contribution in [0.5, 0.6) is 5.75 Å². The van der Waals surface area contributed by atoms with Gasteiger partial charge in [0, 0.05) is 12.8 Å². The van der Waals surface area contributed by atoms with Crippen molar-refractivity contribution in [2.75, 3.05) is 0 Å². The lowest BCUT2D eigenvalue weighted by atomic mass is 10.0. The lowest BCUT2D eigenvalue weighted by Gasteiger charge is -2.25. The predicted molar refractivity (Wildman–Crippen MR) is 132 cm³/mol. The van der Waals surface area contributed by atoms with Gasteiger partial charge in [-0.1, -0.05) is 26.0 Å². The fourth-order valence-corrected chi connectivity index (χ4v) is 3.41. The Bertz CT molecular complexity index is 1010. The molecular formula is C24H34N4O10. The third kappa shape index (κ3) is 11.7. The van der Waals surface area contributed by atoms with Gasteiger partial charge in [0.1, 0.15) is 23.9 Å². The lowest BCUT2D eigenvalue weighted by molar-refractivity contribution is -0.143. The minimum atomic E-state index is -1.46. The molecular weight excluding hydrogens is 504 g/mol. The molecule has 38 heavy (non-hydrogen) atoms. The van der Waals surface area contributed by atoms with Crippen molar-refractivity contribution in [1.82, 2.24) is 16.0 Å². The van der Waals surface area contributed by atoms with Crippen molar-refractivity contribution in [3.63, 3.8) is 0 Å². The number of carboxylic acids is 3. The smallest absolute Gasteiger partial charge is 0.326 e. The lowest BCUT2D eigenvalue weighted by Crippen LogP contribution is -2.57. The van der Waals surface area contributed by atoms with E-state index in [1.165, 1.54) is 24.3 Å². The molecule has 0 saturated heterocycles. The Balaban J connectivity index is 3.06. The molecule has 1 aromatic carbocycles. The molecule has 0 aliphatic rings. The number of aromatic hydroxyl groups is 1. The Labute approximate surface area is 218 Å². The molecule has 0 spiro atoms.